The van der Waals surface area contributed by atoms with Crippen LogP contribution in [0.25, 0.3) is 4.85 Å². The van der Waals surface area contributed by atoms with Gasteiger partial charge < -0.3 is 0 Å². The topological polar surface area (TPSA) is 28.1 Å². The van der Waals surface area contributed by atoms with Gasteiger partial charge in [0, 0.05) is 6.08 Å². The molecule has 0 aliphatic rings. The van der Waals surface area contributed by atoms with Crippen molar-refractivity contribution in [3.05, 3.63) is 35.8 Å². The molecule has 2 nitrogen and oxygen atoms in total. The van der Waals surface area contributed by atoms with Crippen molar-refractivity contribution in [1.29, 1.82) is 5.26 Å². The lowest BCUT2D eigenvalue weighted by molar-refractivity contribution is 1.53. The Morgan fingerprint density at radius 2 is 2.25 bits per heavy atom. The molecule has 0 aromatic heterocycles. The summed E-state index contributed by atoms with van der Waals surface area (Å²) in [6.45, 7) is 6.26. The van der Waals surface area contributed by atoms with Crippen LogP contribution in [-0.2, 0) is 0 Å². The summed E-state index contributed by atoms with van der Waals surface area (Å²) >= 11 is 0. The zero-order chi connectivity index (χ0) is 6.24. The van der Waals surface area contributed by atoms with E-state index in [1.165, 1.54) is 24.4 Å². The van der Waals surface area contributed by atoms with Crippen LogP contribution in [0.15, 0.2) is 24.4 Å². The van der Waals surface area contributed by atoms with Gasteiger partial charge in [0.15, 0.2) is 6.20 Å². The molecule has 0 fully saturated rings. The minimum atomic E-state index is 1.29. The van der Waals surface area contributed by atoms with Gasteiger partial charge in [-0.05, 0) is 0 Å². The van der Waals surface area contributed by atoms with Gasteiger partial charge in [-0.25, -0.2) is 4.85 Å². The molecule has 0 amide bonds. The third kappa shape index (κ3) is 4.46. The van der Waals surface area contributed by atoms with Gasteiger partial charge in [0.1, 0.15) is 0 Å². The van der Waals surface area contributed by atoms with E-state index in [0.29, 0.717) is 0 Å². The number of hydrogen-bond acceptors (Lipinski definition) is 1. The van der Waals surface area contributed by atoms with Crippen molar-refractivity contribution in [1.82, 2.24) is 0 Å². The van der Waals surface area contributed by atoms with Crippen molar-refractivity contribution < 1.29 is 0 Å². The maximum Gasteiger partial charge on any atom is 0.154 e. The molecule has 0 heterocycles. The summed E-state index contributed by atoms with van der Waals surface area (Å²) in [4.78, 5) is 2.92. The van der Waals surface area contributed by atoms with Crippen molar-refractivity contribution in [2.75, 3.05) is 0 Å². The van der Waals surface area contributed by atoms with Gasteiger partial charge in [-0.1, -0.05) is 12.2 Å². The molecule has 0 rings (SSSR count). The highest BCUT2D eigenvalue weighted by molar-refractivity contribution is 5.12. The van der Waals surface area contributed by atoms with Gasteiger partial charge in [-0.2, -0.15) is 5.26 Å². The molecule has 2 heteroatoms. The number of rotatable bonds is 1. The summed E-state index contributed by atoms with van der Waals surface area (Å²) in [6.07, 6.45) is 5.61. The first kappa shape index (κ1) is 6.46. The molecule has 0 aliphatic heterocycles. The van der Waals surface area contributed by atoms with Crippen LogP contribution in [-0.4, -0.2) is 0 Å². The minimum Gasteiger partial charge on any atom is -0.246 e. The molecule has 0 N–H and O–H groups in total. The Hall–Kier alpha value is -1.54. The normalized spacial score (nSPS) is 9.25. The molecule has 0 saturated carbocycles. The molecule has 0 atom stereocenters. The fraction of sp³-hybridized carbons (Fsp3) is 0. The van der Waals surface area contributed by atoms with E-state index < -0.39 is 0 Å². The lowest BCUT2D eigenvalue weighted by Crippen LogP contribution is -1.44. The van der Waals surface area contributed by atoms with E-state index >= 15 is 0 Å². The second-order valence-corrected chi connectivity index (χ2v) is 0.959. The molecular formula is C6H4N2. The molecule has 0 spiro atoms. The van der Waals surface area contributed by atoms with Crippen LogP contribution in [0.4, 0.5) is 0 Å². The number of allylic oxidation sites excluding steroid dienone is 3. The van der Waals surface area contributed by atoms with Crippen molar-refractivity contribution in [2.45, 2.75) is 0 Å². The van der Waals surface area contributed by atoms with Crippen LogP contribution in [0, 0.1) is 17.9 Å². The van der Waals surface area contributed by atoms with E-state index in [-0.39, 0.29) is 0 Å². The van der Waals surface area contributed by atoms with Crippen LogP contribution in [0.1, 0.15) is 0 Å². The molecule has 0 unspecified atom stereocenters. The molecule has 8 heavy (non-hydrogen) atoms. The average Bonchev–Trinajstić information content (AvgIpc) is 1.81. The Morgan fingerprint density at radius 3 is 2.75 bits per heavy atom. The van der Waals surface area contributed by atoms with E-state index in [1.807, 2.05) is 0 Å². The first-order valence-electron chi connectivity index (χ1n) is 1.99. The largest absolute Gasteiger partial charge is 0.246 e. The van der Waals surface area contributed by atoms with Gasteiger partial charge in [0.2, 0.25) is 0 Å². The van der Waals surface area contributed by atoms with Crippen LogP contribution in [0.5, 0.6) is 0 Å². The van der Waals surface area contributed by atoms with Crippen LogP contribution < -0.4 is 0 Å². The summed E-state index contributed by atoms with van der Waals surface area (Å²) in [7, 11) is 0. The summed E-state index contributed by atoms with van der Waals surface area (Å²) in [5, 5.41) is 7.92. The quantitative estimate of drug-likeness (QED) is 0.281. The van der Waals surface area contributed by atoms with Crippen LogP contribution in [0.3, 0.4) is 0 Å². The summed E-state index contributed by atoms with van der Waals surface area (Å²) in [5.74, 6) is 0. The molecular weight excluding hydrogens is 100 g/mol. The van der Waals surface area contributed by atoms with Gasteiger partial charge in [-0.15, -0.1) is 0 Å². The Labute approximate surface area is 48.2 Å². The third-order valence-electron chi connectivity index (χ3n) is 0.442. The average molecular weight is 104 g/mol. The molecule has 0 aliphatic carbocycles. The summed E-state index contributed by atoms with van der Waals surface area (Å²) in [6, 6.07) is 1.79. The Kier molecular flexibility index (Phi) is 4.41. The summed E-state index contributed by atoms with van der Waals surface area (Å²) < 4.78 is 0. The van der Waals surface area contributed by atoms with Crippen molar-refractivity contribution in [2.24, 2.45) is 0 Å². The Morgan fingerprint density at radius 1 is 1.50 bits per heavy atom. The monoisotopic (exact) mass is 104 g/mol. The van der Waals surface area contributed by atoms with E-state index in [9.17, 15) is 0 Å². The van der Waals surface area contributed by atoms with Crippen molar-refractivity contribution in [3.8, 4) is 6.07 Å². The highest BCUT2D eigenvalue weighted by Crippen LogP contribution is 1.74. The van der Waals surface area contributed by atoms with Crippen molar-refractivity contribution in [3.63, 3.8) is 0 Å². The predicted octanol–water partition coefficient (Wildman–Crippen LogP) is 1.50. The second kappa shape index (κ2) is 5.46. The predicted molar refractivity (Wildman–Crippen MR) is 30.5 cm³/mol. The van der Waals surface area contributed by atoms with Crippen molar-refractivity contribution >= 4 is 0 Å². The lowest BCUT2D eigenvalue weighted by Gasteiger charge is -1.61. The molecule has 0 radical (unpaired) electrons. The minimum absolute atomic E-state index is 1.29. The standard InChI is InChI=1S/C6H4N2/c1-8-6-4-2-3-5-7/h2-4,6H/b3-2+,6-4+. The van der Waals surface area contributed by atoms with Gasteiger partial charge >= 0.3 is 0 Å². The zero-order valence-electron chi connectivity index (χ0n) is 4.20. The van der Waals surface area contributed by atoms with E-state index in [2.05, 4.69) is 4.85 Å². The molecule has 0 bridgehead atoms. The number of nitriles is 1. The smallest absolute Gasteiger partial charge is 0.154 e. The Balaban J connectivity index is 3.51. The fourth-order valence-electron chi connectivity index (χ4n) is 0.191. The van der Waals surface area contributed by atoms with Crippen LogP contribution >= 0.6 is 0 Å². The molecule has 0 aromatic carbocycles. The molecule has 38 valence electrons. The van der Waals surface area contributed by atoms with Gasteiger partial charge in [0.05, 0.1) is 12.6 Å². The second-order valence-electron chi connectivity index (χ2n) is 0.959. The first-order chi connectivity index (χ1) is 3.91. The highest BCUT2D eigenvalue weighted by atomic mass is 14.6. The fourth-order valence-corrected chi connectivity index (χ4v) is 0.191. The maximum absolute atomic E-state index is 7.92. The van der Waals surface area contributed by atoms with E-state index in [4.69, 9.17) is 11.8 Å². The van der Waals surface area contributed by atoms with E-state index in [1.54, 1.807) is 6.07 Å². The number of nitrogens with zero attached hydrogens (tertiary/aromatic N) is 2. The van der Waals surface area contributed by atoms with Crippen LogP contribution in [0.2, 0.25) is 0 Å². The first-order valence-corrected chi connectivity index (χ1v) is 1.99. The van der Waals surface area contributed by atoms with Gasteiger partial charge in [0.25, 0.3) is 0 Å². The SMILES string of the molecule is [C-]#[N+]/C=C/C=C/C#N. The molecule has 0 saturated heterocycles. The lowest BCUT2D eigenvalue weighted by atomic mass is 10.5. The maximum atomic E-state index is 7.92. The van der Waals surface area contributed by atoms with Gasteiger partial charge in [-0.3, -0.25) is 0 Å². The molecule has 0 aromatic rings. The Bertz CT molecular complexity index is 154. The zero-order valence-corrected chi connectivity index (χ0v) is 4.20. The van der Waals surface area contributed by atoms with E-state index in [0.717, 1.165) is 0 Å². The third-order valence-corrected chi connectivity index (χ3v) is 0.442. The summed E-state index contributed by atoms with van der Waals surface area (Å²) in [5.41, 5.74) is 0. The highest BCUT2D eigenvalue weighted by Gasteiger charge is 1.58. The number of hydrogen-bond donors (Lipinski definition) is 0.